The summed E-state index contributed by atoms with van der Waals surface area (Å²) in [6.07, 6.45) is 6.68. The third kappa shape index (κ3) is 2.00. The van der Waals surface area contributed by atoms with E-state index in [1.165, 1.54) is 46.6 Å². The smallest absolute Gasteiger partial charge is 0.0642 e. The molecule has 2 aromatic carbocycles. The average Bonchev–Trinajstić information content (AvgIpc) is 2.98. The summed E-state index contributed by atoms with van der Waals surface area (Å²) in [5, 5.41) is 14.3. The predicted molar refractivity (Wildman–Crippen MR) is 125 cm³/mol. The first kappa shape index (κ1) is 18.9. The maximum Gasteiger partial charge on any atom is 0.0642 e. The molecule has 4 aliphatic rings. The molecule has 158 valence electrons. The number of aromatic amines is 1. The van der Waals surface area contributed by atoms with E-state index in [9.17, 15) is 5.11 Å². The molecule has 0 unspecified atom stereocenters. The van der Waals surface area contributed by atoms with Crippen molar-refractivity contribution in [1.82, 2.24) is 4.98 Å². The Kier molecular flexibility index (Phi) is 3.73. The number of rotatable bonds is 1. The molecule has 0 amide bonds. The van der Waals surface area contributed by atoms with Crippen molar-refractivity contribution in [1.29, 1.82) is 0 Å². The van der Waals surface area contributed by atoms with E-state index in [0.717, 1.165) is 19.3 Å². The SMILES string of the molecule is CC(C)[C@]12CC[C@@]3(C)[C@H](C)CC[C@H](O)[C@@]3(CC1)c1cc3c(cc12)[nH]c1ccccc13. The van der Waals surface area contributed by atoms with Gasteiger partial charge in [0.25, 0.3) is 0 Å². The summed E-state index contributed by atoms with van der Waals surface area (Å²) in [5.74, 6) is 1.25. The van der Waals surface area contributed by atoms with Crippen LogP contribution in [0.2, 0.25) is 0 Å². The van der Waals surface area contributed by atoms with E-state index >= 15 is 0 Å². The molecule has 30 heavy (non-hydrogen) atoms. The van der Waals surface area contributed by atoms with Crippen molar-refractivity contribution in [2.45, 2.75) is 83.2 Å². The second kappa shape index (κ2) is 5.91. The molecule has 4 aliphatic carbocycles. The fourth-order valence-electron chi connectivity index (χ4n) is 8.20. The van der Waals surface area contributed by atoms with Gasteiger partial charge in [0.05, 0.1) is 6.10 Å². The van der Waals surface area contributed by atoms with Crippen molar-refractivity contribution in [3.63, 3.8) is 0 Å². The lowest BCUT2D eigenvalue weighted by atomic mass is 9.45. The number of benzene rings is 2. The Balaban J connectivity index is 1.76. The Bertz CT molecular complexity index is 1160. The van der Waals surface area contributed by atoms with Crippen LogP contribution >= 0.6 is 0 Å². The molecule has 2 nitrogen and oxygen atoms in total. The standard InChI is InChI=1S/C28H35NO/c1-17(2)27-12-11-26(4)18(3)9-10-25(30)28(26,14-13-27)22-15-20-19-7-5-6-8-23(19)29-24(20)16-21(22)27/h5-8,15-18,25,29-30H,9-14H2,1-4H3/t18-,25+,26+,27+,28-/m1/s1. The number of hydrogen-bond donors (Lipinski definition) is 2. The van der Waals surface area contributed by atoms with Crippen LogP contribution in [0.3, 0.4) is 0 Å². The molecule has 7 rings (SSSR count). The van der Waals surface area contributed by atoms with E-state index in [4.69, 9.17) is 0 Å². The topological polar surface area (TPSA) is 36.0 Å². The Morgan fingerprint density at radius 2 is 1.70 bits per heavy atom. The number of aliphatic hydroxyl groups is 1. The van der Waals surface area contributed by atoms with Gasteiger partial charge in [-0.2, -0.15) is 0 Å². The third-order valence-corrected chi connectivity index (χ3v) is 10.4. The van der Waals surface area contributed by atoms with Gasteiger partial charge in [-0.15, -0.1) is 0 Å². The number of H-pyrrole nitrogens is 1. The Morgan fingerprint density at radius 3 is 2.50 bits per heavy atom. The molecule has 0 radical (unpaired) electrons. The highest BCUT2D eigenvalue weighted by Gasteiger charge is 2.65. The number of hydrogen-bond acceptors (Lipinski definition) is 1. The van der Waals surface area contributed by atoms with Crippen molar-refractivity contribution in [2.24, 2.45) is 17.3 Å². The van der Waals surface area contributed by atoms with Gasteiger partial charge >= 0.3 is 0 Å². The van der Waals surface area contributed by atoms with Gasteiger partial charge in [0.2, 0.25) is 0 Å². The minimum atomic E-state index is -0.233. The van der Waals surface area contributed by atoms with Crippen LogP contribution in [0.1, 0.15) is 77.3 Å². The van der Waals surface area contributed by atoms with E-state index in [1.54, 1.807) is 5.56 Å². The van der Waals surface area contributed by atoms with Gasteiger partial charge in [-0.25, -0.2) is 0 Å². The zero-order valence-corrected chi connectivity index (χ0v) is 18.9. The molecule has 2 bridgehead atoms. The van der Waals surface area contributed by atoms with Crippen LogP contribution in [0.25, 0.3) is 21.8 Å². The summed E-state index contributed by atoms with van der Waals surface area (Å²) in [6.45, 7) is 9.83. The second-order valence-corrected chi connectivity index (χ2v) is 11.3. The molecule has 1 heterocycles. The van der Waals surface area contributed by atoms with Crippen LogP contribution in [0.5, 0.6) is 0 Å². The first-order valence-corrected chi connectivity index (χ1v) is 12.1. The van der Waals surface area contributed by atoms with Crippen LogP contribution in [0.4, 0.5) is 0 Å². The normalized spacial score (nSPS) is 38.1. The summed E-state index contributed by atoms with van der Waals surface area (Å²) in [7, 11) is 0. The number of aliphatic hydroxyl groups excluding tert-OH is 1. The summed E-state index contributed by atoms with van der Waals surface area (Å²) >= 11 is 0. The fourth-order valence-corrected chi connectivity index (χ4v) is 8.20. The van der Waals surface area contributed by atoms with Crippen LogP contribution < -0.4 is 0 Å². The van der Waals surface area contributed by atoms with Crippen LogP contribution in [-0.4, -0.2) is 16.2 Å². The zero-order chi connectivity index (χ0) is 20.9. The van der Waals surface area contributed by atoms with Crippen LogP contribution in [0, 0.1) is 17.3 Å². The highest BCUT2D eigenvalue weighted by molar-refractivity contribution is 6.07. The van der Waals surface area contributed by atoms with E-state index in [-0.39, 0.29) is 22.3 Å². The van der Waals surface area contributed by atoms with Gasteiger partial charge in [-0.1, -0.05) is 45.9 Å². The lowest BCUT2D eigenvalue weighted by molar-refractivity contribution is -0.0860. The molecule has 3 aromatic rings. The van der Waals surface area contributed by atoms with E-state index in [2.05, 4.69) is 69.1 Å². The van der Waals surface area contributed by atoms with Crippen molar-refractivity contribution < 1.29 is 5.11 Å². The number of para-hydroxylation sites is 1. The maximum atomic E-state index is 11.7. The van der Waals surface area contributed by atoms with Gasteiger partial charge in [-0.3, -0.25) is 0 Å². The molecular formula is C28H35NO. The quantitative estimate of drug-likeness (QED) is 0.460. The molecule has 1 spiro atoms. The van der Waals surface area contributed by atoms with Crippen molar-refractivity contribution in [3.8, 4) is 0 Å². The molecule has 0 saturated heterocycles. The second-order valence-electron chi connectivity index (χ2n) is 11.3. The van der Waals surface area contributed by atoms with E-state index in [0.29, 0.717) is 11.8 Å². The molecule has 2 N–H and O–H groups in total. The summed E-state index contributed by atoms with van der Waals surface area (Å²) in [6, 6.07) is 13.7. The summed E-state index contributed by atoms with van der Waals surface area (Å²) in [5.41, 5.74) is 5.79. The Morgan fingerprint density at radius 1 is 0.933 bits per heavy atom. The predicted octanol–water partition coefficient (Wildman–Crippen LogP) is 6.84. The lowest BCUT2D eigenvalue weighted by Gasteiger charge is -2.59. The number of aromatic nitrogens is 1. The molecule has 2 heteroatoms. The fraction of sp³-hybridized carbons (Fsp3) is 0.571. The van der Waals surface area contributed by atoms with Crippen molar-refractivity contribution >= 4 is 21.8 Å². The first-order valence-electron chi connectivity index (χ1n) is 12.1. The van der Waals surface area contributed by atoms with Crippen LogP contribution in [0.15, 0.2) is 36.4 Å². The largest absolute Gasteiger partial charge is 0.392 e. The van der Waals surface area contributed by atoms with Crippen LogP contribution in [-0.2, 0) is 10.8 Å². The van der Waals surface area contributed by atoms with Crippen molar-refractivity contribution in [3.05, 3.63) is 47.5 Å². The van der Waals surface area contributed by atoms with Gasteiger partial charge in [-0.05, 0) is 90.5 Å². The maximum absolute atomic E-state index is 11.7. The Labute approximate surface area is 180 Å². The van der Waals surface area contributed by atoms with Gasteiger partial charge in [0.1, 0.15) is 0 Å². The average molecular weight is 402 g/mol. The first-order chi connectivity index (χ1) is 14.3. The monoisotopic (exact) mass is 401 g/mol. The Hall–Kier alpha value is -1.80. The zero-order valence-electron chi connectivity index (χ0n) is 18.9. The molecule has 5 atom stereocenters. The molecule has 2 fully saturated rings. The molecule has 0 aliphatic heterocycles. The van der Waals surface area contributed by atoms with E-state index < -0.39 is 0 Å². The number of nitrogens with one attached hydrogen (secondary N) is 1. The van der Waals surface area contributed by atoms with Gasteiger partial charge in [0, 0.05) is 27.2 Å². The number of fused-ring (bicyclic) bond motifs is 5. The summed E-state index contributed by atoms with van der Waals surface area (Å²) in [4.78, 5) is 3.70. The highest BCUT2D eigenvalue weighted by Crippen LogP contribution is 2.69. The van der Waals surface area contributed by atoms with Gasteiger partial charge in [0.15, 0.2) is 0 Å². The van der Waals surface area contributed by atoms with Crippen molar-refractivity contribution in [2.75, 3.05) is 0 Å². The minimum Gasteiger partial charge on any atom is -0.392 e. The van der Waals surface area contributed by atoms with E-state index in [1.807, 2.05) is 0 Å². The molecule has 1 aromatic heterocycles. The molecular weight excluding hydrogens is 366 g/mol. The third-order valence-electron chi connectivity index (χ3n) is 10.4. The van der Waals surface area contributed by atoms with Gasteiger partial charge < -0.3 is 10.1 Å². The minimum absolute atomic E-state index is 0.110. The molecule has 2 saturated carbocycles. The summed E-state index contributed by atoms with van der Waals surface area (Å²) < 4.78 is 0. The lowest BCUT2D eigenvalue weighted by Crippen LogP contribution is -2.59. The highest BCUT2D eigenvalue weighted by atomic mass is 16.3.